The number of hydrogen-bond donors (Lipinski definition) is 2. The SMILES string of the molecule is CCC[N+](C)(C)CC[N+](C)(C)Cc1ccc(C(CC(C)C[N+](C)(C)CC)CC(CC(CC(CC)C(N)=O)C(=O)[O-])C(=O)NC(COCCC(=O)OCC)(COCCC(=O)OCC)COCCC(=O)OCC)cc1. The van der Waals surface area contributed by atoms with Crippen LogP contribution in [0.2, 0.25) is 0 Å². The van der Waals surface area contributed by atoms with Crippen LogP contribution < -0.4 is 16.2 Å². The number of nitrogens with two attached hydrogens (primary N) is 1. The Hall–Kier alpha value is -4.20. The second kappa shape index (κ2) is 34.4. The molecule has 73 heavy (non-hydrogen) atoms. The fourth-order valence-corrected chi connectivity index (χ4v) is 9.31. The van der Waals surface area contributed by atoms with Gasteiger partial charge in [-0.15, -0.1) is 0 Å². The van der Waals surface area contributed by atoms with E-state index in [1.807, 2.05) is 0 Å². The van der Waals surface area contributed by atoms with Gasteiger partial charge in [-0.3, -0.25) is 24.0 Å². The molecule has 0 spiro atoms. The number of likely N-dealkylation sites (N-methyl/N-ethyl adjacent to an activating group) is 2. The molecule has 0 aliphatic carbocycles. The van der Waals surface area contributed by atoms with Gasteiger partial charge >= 0.3 is 17.9 Å². The van der Waals surface area contributed by atoms with Gasteiger partial charge in [-0.2, -0.15) is 0 Å². The lowest BCUT2D eigenvalue weighted by Gasteiger charge is -2.37. The van der Waals surface area contributed by atoms with E-state index < -0.39 is 59.0 Å². The third-order valence-electron chi connectivity index (χ3n) is 13.6. The summed E-state index contributed by atoms with van der Waals surface area (Å²) in [6.45, 7) is 18.7. The minimum Gasteiger partial charge on any atom is -0.550 e. The van der Waals surface area contributed by atoms with E-state index in [4.69, 9.17) is 34.2 Å². The van der Waals surface area contributed by atoms with Crippen LogP contribution in [-0.2, 0) is 63.7 Å². The fourth-order valence-electron chi connectivity index (χ4n) is 9.31. The standard InChI is InChI=1S/C55H97N5O13/c1-14-27-59(10,11)28-29-60(12,13)38-43-20-22-45(23-21-43)46(33-42(7)37-58(8,9)16-3)35-47(36-48(54(66)67)34-44(15-2)52(56)64)53(65)57-55(39-68-30-24-49(61)71-17-4,40-69-31-25-50(62)72-18-5)41-70-32-26-51(63)73-19-6/h20-23,42,44,46-48H,14-19,24-41H2,1-13H3,(H-3,56,57,64,65,66,67)/p+2. The molecule has 1 rings (SSSR count). The molecule has 18 heteroatoms. The number of amides is 2. The Labute approximate surface area is 439 Å². The summed E-state index contributed by atoms with van der Waals surface area (Å²) in [5.41, 5.74) is 6.44. The molecular formula is C55H99N5O13+2. The zero-order chi connectivity index (χ0) is 55.3. The number of benzene rings is 1. The van der Waals surface area contributed by atoms with Gasteiger partial charge in [0.15, 0.2) is 0 Å². The van der Waals surface area contributed by atoms with E-state index >= 15 is 4.79 Å². The number of carboxylic acid groups (broad SMARTS) is 1. The van der Waals surface area contributed by atoms with Crippen LogP contribution in [-0.4, -0.2) is 189 Å². The summed E-state index contributed by atoms with van der Waals surface area (Å²) >= 11 is 0. The van der Waals surface area contributed by atoms with Crippen LogP contribution >= 0.6 is 0 Å². The van der Waals surface area contributed by atoms with Gasteiger partial charge in [0.2, 0.25) is 11.8 Å². The van der Waals surface area contributed by atoms with Gasteiger partial charge in [-0.05, 0) is 77.7 Å². The summed E-state index contributed by atoms with van der Waals surface area (Å²) in [7, 11) is 13.4. The van der Waals surface area contributed by atoms with Crippen LogP contribution in [0.15, 0.2) is 24.3 Å². The van der Waals surface area contributed by atoms with E-state index in [9.17, 15) is 29.1 Å². The molecule has 5 atom stereocenters. The molecule has 1 aromatic carbocycles. The van der Waals surface area contributed by atoms with Gasteiger partial charge in [0, 0.05) is 35.2 Å². The van der Waals surface area contributed by atoms with E-state index in [0.29, 0.717) is 12.8 Å². The molecule has 5 unspecified atom stereocenters. The molecule has 0 aliphatic rings. The van der Waals surface area contributed by atoms with Crippen molar-refractivity contribution in [3.63, 3.8) is 0 Å². The molecule has 0 saturated carbocycles. The van der Waals surface area contributed by atoms with Crippen molar-refractivity contribution in [2.24, 2.45) is 29.4 Å². The Morgan fingerprint density at radius 3 is 1.49 bits per heavy atom. The topological polar surface area (TPSA) is 219 Å². The molecule has 0 bridgehead atoms. The molecule has 0 aliphatic heterocycles. The van der Waals surface area contributed by atoms with Crippen LogP contribution in [0.1, 0.15) is 123 Å². The zero-order valence-electron chi connectivity index (χ0n) is 47.4. The summed E-state index contributed by atoms with van der Waals surface area (Å²) < 4.78 is 36.1. The van der Waals surface area contributed by atoms with Crippen LogP contribution in [0.5, 0.6) is 0 Å². The Bertz CT molecular complexity index is 1730. The predicted octanol–water partition coefficient (Wildman–Crippen LogP) is 4.38. The highest BCUT2D eigenvalue weighted by atomic mass is 16.5. The van der Waals surface area contributed by atoms with Crippen LogP contribution in [0.4, 0.5) is 0 Å². The maximum absolute atomic E-state index is 15.4. The molecule has 420 valence electrons. The van der Waals surface area contributed by atoms with E-state index in [2.05, 4.69) is 92.6 Å². The molecule has 1 aromatic rings. The third kappa shape index (κ3) is 28.3. The average molecular weight is 1040 g/mol. The molecule has 0 saturated heterocycles. The highest BCUT2D eigenvalue weighted by molar-refractivity contribution is 5.81. The molecule has 0 fully saturated rings. The largest absolute Gasteiger partial charge is 0.550 e. The summed E-state index contributed by atoms with van der Waals surface area (Å²) in [5.74, 6) is -7.00. The number of aliphatic carboxylic acids is 1. The van der Waals surface area contributed by atoms with E-state index in [0.717, 1.165) is 64.7 Å². The molecular weight excluding hydrogens is 939 g/mol. The van der Waals surface area contributed by atoms with Gasteiger partial charge in [-0.25, -0.2) is 0 Å². The third-order valence-corrected chi connectivity index (χ3v) is 13.6. The number of carbonyl (C=O) groups is 6. The van der Waals surface area contributed by atoms with Gasteiger partial charge in [-0.1, -0.05) is 45.0 Å². The van der Waals surface area contributed by atoms with Crippen molar-refractivity contribution in [2.75, 3.05) is 134 Å². The summed E-state index contributed by atoms with van der Waals surface area (Å²) in [6.07, 6.45) is 1.78. The Kier molecular flexibility index (Phi) is 31.5. The number of carbonyl (C=O) groups excluding carboxylic acids is 6. The number of primary amides is 1. The van der Waals surface area contributed by atoms with Crippen LogP contribution in [0.25, 0.3) is 0 Å². The fraction of sp³-hybridized carbons (Fsp3) is 0.782. The number of hydrogen-bond acceptors (Lipinski definition) is 13. The maximum Gasteiger partial charge on any atom is 0.308 e. The summed E-state index contributed by atoms with van der Waals surface area (Å²) in [4.78, 5) is 78.0. The van der Waals surface area contributed by atoms with Crippen LogP contribution in [0, 0.1) is 23.7 Å². The first kappa shape index (κ1) is 66.8. The van der Waals surface area contributed by atoms with Crippen molar-refractivity contribution >= 4 is 35.7 Å². The van der Waals surface area contributed by atoms with E-state index in [1.165, 1.54) is 5.56 Å². The number of esters is 3. The highest BCUT2D eigenvalue weighted by Gasteiger charge is 2.39. The number of nitrogens with one attached hydrogen (secondary N) is 1. The number of nitrogens with zero attached hydrogens (tertiary/aromatic N) is 3. The van der Waals surface area contributed by atoms with Gasteiger partial charge in [0.25, 0.3) is 0 Å². The molecule has 0 radical (unpaired) electrons. The van der Waals surface area contributed by atoms with Crippen molar-refractivity contribution < 1.29 is 75.7 Å². The van der Waals surface area contributed by atoms with Crippen LogP contribution in [0.3, 0.4) is 0 Å². The van der Waals surface area contributed by atoms with Crippen molar-refractivity contribution in [3.05, 3.63) is 35.4 Å². The molecule has 3 N–H and O–H groups in total. The Morgan fingerprint density at radius 1 is 0.616 bits per heavy atom. The van der Waals surface area contributed by atoms with Crippen molar-refractivity contribution in [3.8, 4) is 0 Å². The Balaban J connectivity index is 4.01. The van der Waals surface area contributed by atoms with E-state index in [-0.39, 0.29) is 110 Å². The summed E-state index contributed by atoms with van der Waals surface area (Å²) in [5, 5.41) is 16.2. The van der Waals surface area contributed by atoms with Gasteiger partial charge in [0.05, 0.1) is 141 Å². The first-order valence-electron chi connectivity index (χ1n) is 26.9. The van der Waals surface area contributed by atoms with Crippen molar-refractivity contribution in [2.45, 2.75) is 124 Å². The zero-order valence-corrected chi connectivity index (χ0v) is 47.4. The number of quaternary nitrogens is 3. The Morgan fingerprint density at radius 2 is 1.08 bits per heavy atom. The van der Waals surface area contributed by atoms with Crippen molar-refractivity contribution in [1.29, 1.82) is 0 Å². The normalized spacial score (nSPS) is 14.4. The molecule has 0 heterocycles. The van der Waals surface area contributed by atoms with Crippen molar-refractivity contribution in [1.82, 2.24) is 5.32 Å². The summed E-state index contributed by atoms with van der Waals surface area (Å²) in [6, 6.07) is 8.57. The minimum absolute atomic E-state index is 0.0845. The maximum atomic E-state index is 15.4. The number of rotatable bonds is 42. The lowest BCUT2D eigenvalue weighted by Crippen LogP contribution is -2.60. The lowest BCUT2D eigenvalue weighted by atomic mass is 9.77. The van der Waals surface area contributed by atoms with Gasteiger partial charge < -0.3 is 62.8 Å². The second-order valence-electron chi connectivity index (χ2n) is 21.9. The molecule has 0 aromatic heterocycles. The first-order valence-corrected chi connectivity index (χ1v) is 26.9. The number of carboxylic acids is 1. The average Bonchev–Trinajstić information content (AvgIpc) is 3.30. The van der Waals surface area contributed by atoms with E-state index in [1.54, 1.807) is 27.7 Å². The first-order chi connectivity index (χ1) is 34.3. The highest BCUT2D eigenvalue weighted by Crippen LogP contribution is 2.36. The lowest BCUT2D eigenvalue weighted by molar-refractivity contribution is -0.952. The quantitative estimate of drug-likeness (QED) is 0.0403. The minimum atomic E-state index is -1.49. The molecule has 18 nitrogen and oxygen atoms in total. The second-order valence-corrected chi connectivity index (χ2v) is 21.9. The number of ether oxygens (including phenoxy) is 6. The smallest absolute Gasteiger partial charge is 0.308 e. The molecule has 2 amide bonds. The van der Waals surface area contributed by atoms with Gasteiger partial charge in [0.1, 0.15) is 25.2 Å². The predicted molar refractivity (Wildman–Crippen MR) is 279 cm³/mol. The monoisotopic (exact) mass is 1040 g/mol.